The average molecular weight is 249 g/mol. The molecule has 0 aliphatic carbocycles. The van der Waals surface area contributed by atoms with Gasteiger partial charge in [0.05, 0.1) is 0 Å². The summed E-state index contributed by atoms with van der Waals surface area (Å²) in [5, 5.41) is 9.60. The number of thiophene rings is 1. The second-order valence-corrected chi connectivity index (χ2v) is 5.58. The number of fused-ring (bicyclic) bond motifs is 1. The Bertz CT molecular complexity index is 517. The van der Waals surface area contributed by atoms with Crippen molar-refractivity contribution in [2.45, 2.75) is 32.2 Å². The van der Waals surface area contributed by atoms with Crippen LogP contribution in [0.25, 0.3) is 0 Å². The third-order valence-corrected chi connectivity index (χ3v) is 4.01. The third-order valence-electron chi connectivity index (χ3n) is 3.01. The number of hydrogen-bond donors (Lipinski definition) is 1. The lowest BCUT2D eigenvalue weighted by Gasteiger charge is -2.20. The highest BCUT2D eigenvalue weighted by atomic mass is 32.1. The van der Waals surface area contributed by atoms with Crippen molar-refractivity contribution in [3.63, 3.8) is 0 Å². The smallest absolute Gasteiger partial charge is 0.248 e. The van der Waals surface area contributed by atoms with Gasteiger partial charge in [-0.25, -0.2) is 0 Å². The number of hydrogen-bond acceptors (Lipinski definition) is 5. The monoisotopic (exact) mass is 249 g/mol. The maximum Gasteiger partial charge on any atom is 0.248 e. The zero-order valence-electron chi connectivity index (χ0n) is 9.93. The molecule has 17 heavy (non-hydrogen) atoms. The molecule has 2 aromatic heterocycles. The van der Waals surface area contributed by atoms with E-state index in [1.165, 1.54) is 10.4 Å². The minimum atomic E-state index is 0.0741. The van der Waals surface area contributed by atoms with Gasteiger partial charge in [-0.3, -0.25) is 0 Å². The van der Waals surface area contributed by atoms with Crippen molar-refractivity contribution in [2.75, 3.05) is 6.54 Å². The van der Waals surface area contributed by atoms with Crippen LogP contribution in [0.3, 0.4) is 0 Å². The summed E-state index contributed by atoms with van der Waals surface area (Å²) < 4.78 is 5.37. The molecule has 0 saturated carbocycles. The van der Waals surface area contributed by atoms with E-state index in [2.05, 4.69) is 40.8 Å². The Balaban J connectivity index is 1.95. The quantitative estimate of drug-likeness (QED) is 0.888. The first-order valence-corrected chi connectivity index (χ1v) is 6.77. The molecule has 2 aromatic rings. The largest absolute Gasteiger partial charge is 0.337 e. The number of nitrogens with zero attached hydrogens (tertiary/aromatic N) is 2. The van der Waals surface area contributed by atoms with Gasteiger partial charge in [0.15, 0.2) is 5.82 Å². The van der Waals surface area contributed by atoms with Crippen LogP contribution in [-0.4, -0.2) is 16.7 Å². The first-order chi connectivity index (χ1) is 8.25. The molecule has 1 aliphatic rings. The van der Waals surface area contributed by atoms with E-state index in [0.29, 0.717) is 11.8 Å². The minimum Gasteiger partial charge on any atom is -0.337 e. The van der Waals surface area contributed by atoms with E-state index in [0.717, 1.165) is 18.8 Å². The lowest BCUT2D eigenvalue weighted by Crippen LogP contribution is -2.29. The molecule has 0 radical (unpaired) electrons. The summed E-state index contributed by atoms with van der Waals surface area (Å²) in [5.41, 5.74) is 1.29. The van der Waals surface area contributed by atoms with E-state index < -0.39 is 0 Å². The zero-order valence-corrected chi connectivity index (χ0v) is 10.8. The molecule has 1 aliphatic heterocycles. The van der Waals surface area contributed by atoms with E-state index >= 15 is 0 Å². The summed E-state index contributed by atoms with van der Waals surface area (Å²) >= 11 is 1.81. The summed E-state index contributed by atoms with van der Waals surface area (Å²) in [6, 6.07) is 2.22. The van der Waals surface area contributed by atoms with Crippen LogP contribution in [0.2, 0.25) is 0 Å². The lowest BCUT2D eigenvalue weighted by atomic mass is 10.0. The van der Waals surface area contributed by atoms with Crippen LogP contribution in [0.1, 0.15) is 48.0 Å². The molecule has 0 amide bonds. The Morgan fingerprint density at radius 1 is 1.53 bits per heavy atom. The van der Waals surface area contributed by atoms with Crippen molar-refractivity contribution in [3.8, 4) is 0 Å². The summed E-state index contributed by atoms with van der Waals surface area (Å²) in [7, 11) is 0. The van der Waals surface area contributed by atoms with Crippen LogP contribution in [0.15, 0.2) is 16.0 Å². The van der Waals surface area contributed by atoms with E-state index in [1.54, 1.807) is 0 Å². The van der Waals surface area contributed by atoms with Crippen molar-refractivity contribution in [3.05, 3.63) is 33.6 Å². The minimum absolute atomic E-state index is 0.0741. The molecule has 0 saturated heterocycles. The van der Waals surface area contributed by atoms with Crippen LogP contribution in [-0.2, 0) is 6.42 Å². The van der Waals surface area contributed by atoms with Crippen molar-refractivity contribution >= 4 is 11.3 Å². The molecule has 3 heterocycles. The van der Waals surface area contributed by atoms with Gasteiger partial charge in [-0.05, 0) is 23.4 Å². The Labute approximate surface area is 104 Å². The van der Waals surface area contributed by atoms with Gasteiger partial charge in [-0.15, -0.1) is 11.3 Å². The van der Waals surface area contributed by atoms with Gasteiger partial charge in [0, 0.05) is 17.3 Å². The Kier molecular flexibility index (Phi) is 2.72. The number of aromatic nitrogens is 2. The predicted octanol–water partition coefficient (Wildman–Crippen LogP) is 2.49. The number of nitrogens with one attached hydrogen (secondary N) is 1. The van der Waals surface area contributed by atoms with E-state index in [-0.39, 0.29) is 6.04 Å². The second-order valence-electron chi connectivity index (χ2n) is 4.58. The van der Waals surface area contributed by atoms with E-state index in [4.69, 9.17) is 4.52 Å². The standard InChI is InChI=1S/C12H15N3OS/c1-7(2)11-14-12(16-15-11)10-8-4-6-17-9(8)3-5-13-10/h4,6-7,10,13H,3,5H2,1-2H3. The van der Waals surface area contributed by atoms with E-state index in [9.17, 15) is 0 Å². The molecule has 5 heteroatoms. The Hall–Kier alpha value is -1.20. The molecule has 90 valence electrons. The molecule has 0 spiro atoms. The molecule has 1 atom stereocenters. The van der Waals surface area contributed by atoms with Crippen molar-refractivity contribution in [2.24, 2.45) is 0 Å². The summed E-state index contributed by atoms with van der Waals surface area (Å²) in [6.07, 6.45) is 1.09. The Morgan fingerprint density at radius 2 is 2.41 bits per heavy atom. The zero-order chi connectivity index (χ0) is 11.8. The first-order valence-electron chi connectivity index (χ1n) is 5.89. The SMILES string of the molecule is CC(C)c1noc(C2NCCc3sccc32)n1. The molecule has 4 nitrogen and oxygen atoms in total. The topological polar surface area (TPSA) is 51.0 Å². The van der Waals surface area contributed by atoms with Crippen molar-refractivity contribution in [1.82, 2.24) is 15.5 Å². The highest BCUT2D eigenvalue weighted by molar-refractivity contribution is 7.10. The van der Waals surface area contributed by atoms with Crippen LogP contribution < -0.4 is 5.32 Å². The maximum atomic E-state index is 5.37. The van der Waals surface area contributed by atoms with E-state index in [1.807, 2.05) is 11.3 Å². The summed E-state index contributed by atoms with van der Waals surface area (Å²) in [5.74, 6) is 1.77. The third kappa shape index (κ3) is 1.89. The van der Waals surface area contributed by atoms with Gasteiger partial charge in [-0.1, -0.05) is 19.0 Å². The molecular weight excluding hydrogens is 234 g/mol. The molecule has 3 rings (SSSR count). The average Bonchev–Trinajstić information content (AvgIpc) is 2.97. The van der Waals surface area contributed by atoms with Crippen LogP contribution in [0.4, 0.5) is 0 Å². The molecule has 1 unspecified atom stereocenters. The normalized spacial score (nSPS) is 19.6. The van der Waals surface area contributed by atoms with Gasteiger partial charge in [0.25, 0.3) is 0 Å². The van der Waals surface area contributed by atoms with Gasteiger partial charge in [0.1, 0.15) is 6.04 Å². The fraction of sp³-hybridized carbons (Fsp3) is 0.500. The van der Waals surface area contributed by atoms with Gasteiger partial charge < -0.3 is 9.84 Å². The van der Waals surface area contributed by atoms with Crippen LogP contribution in [0, 0.1) is 0 Å². The van der Waals surface area contributed by atoms with Gasteiger partial charge >= 0.3 is 0 Å². The maximum absolute atomic E-state index is 5.37. The fourth-order valence-electron chi connectivity index (χ4n) is 2.07. The highest BCUT2D eigenvalue weighted by Gasteiger charge is 2.27. The summed E-state index contributed by atoms with van der Waals surface area (Å²) in [6.45, 7) is 5.11. The molecule has 0 fully saturated rings. The highest BCUT2D eigenvalue weighted by Crippen LogP contribution is 2.31. The fourth-order valence-corrected chi connectivity index (χ4v) is 2.99. The van der Waals surface area contributed by atoms with Gasteiger partial charge in [-0.2, -0.15) is 4.98 Å². The van der Waals surface area contributed by atoms with Crippen LogP contribution >= 0.6 is 11.3 Å². The Morgan fingerprint density at radius 3 is 3.18 bits per heavy atom. The molecule has 0 aromatic carbocycles. The molecule has 0 bridgehead atoms. The molecule has 1 N–H and O–H groups in total. The second kappa shape index (κ2) is 4.23. The predicted molar refractivity (Wildman–Crippen MR) is 66.3 cm³/mol. The number of rotatable bonds is 2. The summed E-state index contributed by atoms with van der Waals surface area (Å²) in [4.78, 5) is 5.90. The molecular formula is C12H15N3OS. The lowest BCUT2D eigenvalue weighted by molar-refractivity contribution is 0.340. The van der Waals surface area contributed by atoms with Crippen LogP contribution in [0.5, 0.6) is 0 Å². The van der Waals surface area contributed by atoms with Crippen molar-refractivity contribution < 1.29 is 4.52 Å². The van der Waals surface area contributed by atoms with Gasteiger partial charge in [0.2, 0.25) is 5.89 Å². The first kappa shape index (κ1) is 10.9. The van der Waals surface area contributed by atoms with Crippen molar-refractivity contribution in [1.29, 1.82) is 0 Å².